The smallest absolute Gasteiger partial charge is 0.248 e. The van der Waals surface area contributed by atoms with E-state index < -0.39 is 5.54 Å². The van der Waals surface area contributed by atoms with Gasteiger partial charge in [-0.05, 0) is 50.8 Å². The zero-order valence-electron chi connectivity index (χ0n) is 14.9. The minimum absolute atomic E-state index is 0.00609. The van der Waals surface area contributed by atoms with Gasteiger partial charge in [0.15, 0.2) is 0 Å². The summed E-state index contributed by atoms with van der Waals surface area (Å²) in [7, 11) is 5.29. The Labute approximate surface area is 144 Å². The van der Waals surface area contributed by atoms with Gasteiger partial charge < -0.3 is 15.1 Å². The molecule has 1 aliphatic heterocycles. The van der Waals surface area contributed by atoms with E-state index in [0.29, 0.717) is 13.0 Å². The summed E-state index contributed by atoms with van der Waals surface area (Å²) in [5, 5.41) is 2.91. The molecule has 0 radical (unpaired) electrons. The van der Waals surface area contributed by atoms with Crippen molar-refractivity contribution in [2.24, 2.45) is 0 Å². The zero-order chi connectivity index (χ0) is 17.6. The Morgan fingerprint density at radius 1 is 1.42 bits per heavy atom. The highest BCUT2D eigenvalue weighted by Crippen LogP contribution is 2.35. The molecule has 1 aliphatic rings. The summed E-state index contributed by atoms with van der Waals surface area (Å²) in [4.78, 5) is 33.0. The monoisotopic (exact) mass is 332 g/mol. The SMILES string of the molecule is CNCC(=O)N1CCC[C@@]1(CCCc1cccnc1)C(=O)N(C)C. The lowest BCUT2D eigenvalue weighted by Gasteiger charge is -2.39. The van der Waals surface area contributed by atoms with Crippen LogP contribution in [0.5, 0.6) is 0 Å². The third-order valence-corrected chi connectivity index (χ3v) is 4.70. The van der Waals surface area contributed by atoms with Gasteiger partial charge in [0, 0.05) is 33.0 Å². The lowest BCUT2D eigenvalue weighted by Crippen LogP contribution is -2.58. The molecule has 132 valence electrons. The van der Waals surface area contributed by atoms with E-state index in [4.69, 9.17) is 0 Å². The molecule has 6 heteroatoms. The Morgan fingerprint density at radius 3 is 2.83 bits per heavy atom. The van der Waals surface area contributed by atoms with Crippen molar-refractivity contribution < 1.29 is 9.59 Å². The van der Waals surface area contributed by atoms with Crippen molar-refractivity contribution in [2.75, 3.05) is 34.2 Å². The van der Waals surface area contributed by atoms with Crippen molar-refractivity contribution in [3.63, 3.8) is 0 Å². The largest absolute Gasteiger partial charge is 0.347 e. The summed E-state index contributed by atoms with van der Waals surface area (Å²) in [5.74, 6) is 0.0437. The van der Waals surface area contributed by atoms with E-state index in [1.54, 1.807) is 37.1 Å². The molecule has 0 spiro atoms. The number of pyridine rings is 1. The van der Waals surface area contributed by atoms with Crippen LogP contribution in [0, 0.1) is 0 Å². The van der Waals surface area contributed by atoms with Crippen molar-refractivity contribution in [3.05, 3.63) is 30.1 Å². The second kappa shape index (κ2) is 8.24. The molecule has 1 aromatic heterocycles. The zero-order valence-corrected chi connectivity index (χ0v) is 14.9. The Balaban J connectivity index is 2.14. The molecule has 0 aromatic carbocycles. The van der Waals surface area contributed by atoms with E-state index in [9.17, 15) is 9.59 Å². The van der Waals surface area contributed by atoms with Gasteiger partial charge in [-0.25, -0.2) is 0 Å². The molecule has 24 heavy (non-hydrogen) atoms. The summed E-state index contributed by atoms with van der Waals surface area (Å²) in [6, 6.07) is 3.97. The number of amides is 2. The number of carbonyl (C=O) groups is 2. The van der Waals surface area contributed by atoms with E-state index in [1.165, 1.54) is 0 Å². The molecule has 1 atom stereocenters. The van der Waals surface area contributed by atoms with Crippen LogP contribution < -0.4 is 5.32 Å². The molecule has 1 fully saturated rings. The molecule has 2 heterocycles. The summed E-state index contributed by atoms with van der Waals surface area (Å²) in [6.45, 7) is 0.929. The average Bonchev–Trinajstić information content (AvgIpc) is 3.00. The van der Waals surface area contributed by atoms with Gasteiger partial charge in [-0.15, -0.1) is 0 Å². The topological polar surface area (TPSA) is 65.5 Å². The Kier molecular flexibility index (Phi) is 6.31. The fraction of sp³-hybridized carbons (Fsp3) is 0.611. The average molecular weight is 332 g/mol. The minimum Gasteiger partial charge on any atom is -0.347 e. The predicted octanol–water partition coefficient (Wildman–Crippen LogP) is 1.07. The number of nitrogens with one attached hydrogen (secondary N) is 1. The molecular formula is C18H28N4O2. The first kappa shape index (κ1) is 18.4. The van der Waals surface area contributed by atoms with Crippen LogP contribution in [0.25, 0.3) is 0 Å². The Bertz CT molecular complexity index is 561. The number of aromatic nitrogens is 1. The van der Waals surface area contributed by atoms with Crippen LogP contribution in [0.2, 0.25) is 0 Å². The quantitative estimate of drug-likeness (QED) is 0.811. The van der Waals surface area contributed by atoms with E-state index in [2.05, 4.69) is 10.3 Å². The van der Waals surface area contributed by atoms with Gasteiger partial charge in [0.2, 0.25) is 11.8 Å². The Morgan fingerprint density at radius 2 is 2.21 bits per heavy atom. The Hall–Kier alpha value is -1.95. The second-order valence-corrected chi connectivity index (χ2v) is 6.63. The highest BCUT2D eigenvalue weighted by atomic mass is 16.2. The maximum Gasteiger partial charge on any atom is 0.248 e. The third kappa shape index (κ3) is 3.93. The molecule has 0 saturated carbocycles. The first-order valence-corrected chi connectivity index (χ1v) is 8.57. The molecule has 1 N–H and O–H groups in total. The van der Waals surface area contributed by atoms with Crippen molar-refractivity contribution in [1.82, 2.24) is 20.1 Å². The predicted molar refractivity (Wildman–Crippen MR) is 93.5 cm³/mol. The van der Waals surface area contributed by atoms with Crippen molar-refractivity contribution in [3.8, 4) is 0 Å². The van der Waals surface area contributed by atoms with Crippen LogP contribution in [0.4, 0.5) is 0 Å². The van der Waals surface area contributed by atoms with Crippen LogP contribution >= 0.6 is 0 Å². The number of aryl methyl sites for hydroxylation is 1. The summed E-state index contributed by atoms with van der Waals surface area (Å²) in [5.41, 5.74) is 0.468. The number of rotatable bonds is 7. The van der Waals surface area contributed by atoms with Gasteiger partial charge in [0.05, 0.1) is 6.54 Å². The highest BCUT2D eigenvalue weighted by molar-refractivity contribution is 5.92. The lowest BCUT2D eigenvalue weighted by atomic mass is 9.87. The lowest BCUT2D eigenvalue weighted by molar-refractivity contribution is -0.150. The molecule has 1 saturated heterocycles. The third-order valence-electron chi connectivity index (χ3n) is 4.70. The molecule has 0 aliphatic carbocycles. The van der Waals surface area contributed by atoms with Gasteiger partial charge in [-0.1, -0.05) is 6.07 Å². The maximum atomic E-state index is 12.9. The molecule has 6 nitrogen and oxygen atoms in total. The summed E-state index contributed by atoms with van der Waals surface area (Å²) >= 11 is 0. The molecule has 2 rings (SSSR count). The molecule has 1 aromatic rings. The van der Waals surface area contributed by atoms with Crippen LogP contribution in [0.15, 0.2) is 24.5 Å². The highest BCUT2D eigenvalue weighted by Gasteiger charge is 2.49. The minimum atomic E-state index is -0.695. The number of nitrogens with zero attached hydrogens (tertiary/aromatic N) is 3. The van der Waals surface area contributed by atoms with E-state index in [-0.39, 0.29) is 18.4 Å². The van der Waals surface area contributed by atoms with E-state index in [1.807, 2.05) is 18.3 Å². The van der Waals surface area contributed by atoms with Crippen molar-refractivity contribution in [1.29, 1.82) is 0 Å². The van der Waals surface area contributed by atoms with Crippen molar-refractivity contribution >= 4 is 11.8 Å². The summed E-state index contributed by atoms with van der Waals surface area (Å²) < 4.78 is 0. The molecule has 0 bridgehead atoms. The van der Waals surface area contributed by atoms with Gasteiger partial charge in [0.25, 0.3) is 0 Å². The standard InChI is InChI=1S/C18H28N4O2/c1-19-14-16(23)22-12-6-10-18(22,17(24)21(2)3)9-4-7-15-8-5-11-20-13-15/h5,8,11,13,19H,4,6-7,9-10,12,14H2,1-3H3/t18-/m0/s1. The van der Waals surface area contributed by atoms with Gasteiger partial charge in [0.1, 0.15) is 5.54 Å². The maximum absolute atomic E-state index is 12.9. The molecule has 2 amide bonds. The van der Waals surface area contributed by atoms with Crippen LogP contribution in [0.3, 0.4) is 0 Å². The van der Waals surface area contributed by atoms with Crippen LogP contribution in [0.1, 0.15) is 31.2 Å². The number of likely N-dealkylation sites (N-methyl/N-ethyl adjacent to an activating group) is 2. The van der Waals surface area contributed by atoms with Crippen LogP contribution in [-0.4, -0.2) is 66.4 Å². The number of likely N-dealkylation sites (tertiary alicyclic amines) is 1. The van der Waals surface area contributed by atoms with Gasteiger partial charge >= 0.3 is 0 Å². The molecular weight excluding hydrogens is 304 g/mol. The number of hydrogen-bond acceptors (Lipinski definition) is 4. The van der Waals surface area contributed by atoms with Crippen molar-refractivity contribution in [2.45, 2.75) is 37.6 Å². The molecule has 0 unspecified atom stereocenters. The second-order valence-electron chi connectivity index (χ2n) is 6.63. The number of hydrogen-bond donors (Lipinski definition) is 1. The number of carbonyl (C=O) groups excluding carboxylic acids is 2. The van der Waals surface area contributed by atoms with Gasteiger partial charge in [-0.2, -0.15) is 0 Å². The van der Waals surface area contributed by atoms with E-state index >= 15 is 0 Å². The first-order chi connectivity index (χ1) is 11.5. The normalized spacial score (nSPS) is 20.2. The van der Waals surface area contributed by atoms with Gasteiger partial charge in [-0.3, -0.25) is 14.6 Å². The van der Waals surface area contributed by atoms with Crippen LogP contribution in [-0.2, 0) is 16.0 Å². The first-order valence-electron chi connectivity index (χ1n) is 8.57. The summed E-state index contributed by atoms with van der Waals surface area (Å²) in [6.07, 6.45) is 7.65. The van der Waals surface area contributed by atoms with E-state index in [0.717, 1.165) is 31.2 Å². The fourth-order valence-electron chi connectivity index (χ4n) is 3.63. The fourth-order valence-corrected chi connectivity index (χ4v) is 3.63.